The Morgan fingerprint density at radius 1 is 0.964 bits per heavy atom. The van der Waals surface area contributed by atoms with Gasteiger partial charge in [0.1, 0.15) is 0 Å². The fourth-order valence-electron chi connectivity index (χ4n) is 3.70. The molecule has 0 radical (unpaired) electrons. The molecule has 28 heavy (non-hydrogen) atoms. The van der Waals surface area contributed by atoms with E-state index in [4.69, 9.17) is 11.6 Å². The highest BCUT2D eigenvalue weighted by Gasteiger charge is 2.24. The maximum atomic E-state index is 12.6. The minimum atomic E-state index is -0.0339. The second-order valence-electron chi connectivity index (χ2n) is 7.04. The maximum Gasteiger partial charge on any atom is 0.254 e. The number of aromatic amines is 1. The molecule has 3 aromatic rings. The van der Waals surface area contributed by atoms with Gasteiger partial charge in [-0.05, 0) is 36.2 Å². The Balaban J connectivity index is 1.31. The Labute approximate surface area is 168 Å². The van der Waals surface area contributed by atoms with Crippen LogP contribution in [0.15, 0.2) is 54.7 Å². The molecule has 2 amide bonds. The quantitative estimate of drug-likeness (QED) is 0.731. The van der Waals surface area contributed by atoms with E-state index in [9.17, 15) is 9.59 Å². The van der Waals surface area contributed by atoms with Crippen LogP contribution < -0.4 is 0 Å². The molecule has 2 aromatic carbocycles. The Kier molecular flexibility index (Phi) is 5.35. The van der Waals surface area contributed by atoms with Crippen LogP contribution in [-0.4, -0.2) is 52.8 Å². The lowest BCUT2D eigenvalue weighted by molar-refractivity contribution is -0.132. The molecule has 144 valence electrons. The number of amides is 2. The number of carbonyl (C=O) groups excluding carboxylic acids is 2. The lowest BCUT2D eigenvalue weighted by Gasteiger charge is -2.35. The lowest BCUT2D eigenvalue weighted by atomic mass is 10.1. The molecule has 0 spiro atoms. The van der Waals surface area contributed by atoms with Crippen molar-refractivity contribution in [3.63, 3.8) is 0 Å². The zero-order valence-corrected chi connectivity index (χ0v) is 16.3. The van der Waals surface area contributed by atoms with Crippen molar-refractivity contribution >= 4 is 34.3 Å². The van der Waals surface area contributed by atoms with Crippen LogP contribution in [0.5, 0.6) is 0 Å². The highest BCUT2D eigenvalue weighted by atomic mass is 35.5. The average molecular weight is 396 g/mol. The van der Waals surface area contributed by atoms with Gasteiger partial charge in [0, 0.05) is 60.3 Å². The minimum Gasteiger partial charge on any atom is -0.361 e. The summed E-state index contributed by atoms with van der Waals surface area (Å²) >= 11 is 5.98. The van der Waals surface area contributed by atoms with Crippen LogP contribution >= 0.6 is 11.6 Å². The molecule has 0 bridgehead atoms. The van der Waals surface area contributed by atoms with E-state index in [0.717, 1.165) is 5.52 Å². The van der Waals surface area contributed by atoms with Crippen molar-refractivity contribution in [1.29, 1.82) is 0 Å². The van der Waals surface area contributed by atoms with E-state index >= 15 is 0 Å². The van der Waals surface area contributed by atoms with Gasteiger partial charge in [0.2, 0.25) is 5.91 Å². The summed E-state index contributed by atoms with van der Waals surface area (Å²) < 4.78 is 0. The molecule has 1 N–H and O–H groups in total. The lowest BCUT2D eigenvalue weighted by Crippen LogP contribution is -2.50. The number of halogens is 1. The number of para-hydroxylation sites is 1. The van der Waals surface area contributed by atoms with Crippen molar-refractivity contribution in [2.45, 2.75) is 12.8 Å². The van der Waals surface area contributed by atoms with Crippen LogP contribution in [0.3, 0.4) is 0 Å². The molecule has 1 aromatic heterocycles. The van der Waals surface area contributed by atoms with Crippen LogP contribution in [0.1, 0.15) is 22.3 Å². The smallest absolute Gasteiger partial charge is 0.254 e. The van der Waals surface area contributed by atoms with E-state index in [2.05, 4.69) is 11.1 Å². The number of hydrogen-bond acceptors (Lipinski definition) is 2. The predicted molar refractivity (Wildman–Crippen MR) is 111 cm³/mol. The number of nitrogens with zero attached hydrogens (tertiary/aromatic N) is 2. The van der Waals surface area contributed by atoms with E-state index in [1.165, 1.54) is 10.9 Å². The highest BCUT2D eigenvalue weighted by Crippen LogP contribution is 2.20. The first-order chi connectivity index (χ1) is 13.6. The molecule has 0 unspecified atom stereocenters. The second-order valence-corrected chi connectivity index (χ2v) is 7.48. The molecule has 1 saturated heterocycles. The van der Waals surface area contributed by atoms with Gasteiger partial charge in [-0.1, -0.05) is 35.9 Å². The van der Waals surface area contributed by atoms with Crippen molar-refractivity contribution < 1.29 is 9.59 Å². The van der Waals surface area contributed by atoms with Gasteiger partial charge in [0.05, 0.1) is 0 Å². The molecule has 5 nitrogen and oxygen atoms in total. The third kappa shape index (κ3) is 3.90. The number of benzene rings is 2. The molecule has 0 saturated carbocycles. The summed E-state index contributed by atoms with van der Waals surface area (Å²) in [4.78, 5) is 32.1. The van der Waals surface area contributed by atoms with E-state index < -0.39 is 0 Å². The highest BCUT2D eigenvalue weighted by molar-refractivity contribution is 6.30. The molecule has 4 rings (SSSR count). The second kappa shape index (κ2) is 8.07. The summed E-state index contributed by atoms with van der Waals surface area (Å²) in [5.74, 6) is 0.105. The monoisotopic (exact) mass is 395 g/mol. The summed E-state index contributed by atoms with van der Waals surface area (Å²) in [7, 11) is 0. The van der Waals surface area contributed by atoms with Gasteiger partial charge >= 0.3 is 0 Å². The summed E-state index contributed by atoms with van der Waals surface area (Å²) in [6, 6.07) is 15.1. The third-order valence-electron chi connectivity index (χ3n) is 5.27. The maximum absolute atomic E-state index is 12.6. The fraction of sp³-hybridized carbons (Fsp3) is 0.273. The number of aromatic nitrogens is 1. The number of piperazine rings is 1. The zero-order chi connectivity index (χ0) is 19.5. The molecular weight excluding hydrogens is 374 g/mol. The first kappa shape index (κ1) is 18.6. The summed E-state index contributed by atoms with van der Waals surface area (Å²) in [6.45, 7) is 2.23. The van der Waals surface area contributed by atoms with Crippen LogP contribution in [0.25, 0.3) is 10.9 Å². The van der Waals surface area contributed by atoms with Crippen molar-refractivity contribution in [2.24, 2.45) is 0 Å². The molecule has 0 aliphatic carbocycles. The number of H-pyrrole nitrogens is 1. The number of nitrogens with one attached hydrogen (secondary N) is 1. The third-order valence-corrected chi connectivity index (χ3v) is 5.51. The first-order valence-corrected chi connectivity index (χ1v) is 9.87. The molecule has 6 heteroatoms. The number of carbonyl (C=O) groups is 2. The van der Waals surface area contributed by atoms with E-state index in [0.29, 0.717) is 49.6 Å². The topological polar surface area (TPSA) is 56.4 Å². The van der Waals surface area contributed by atoms with Gasteiger partial charge in [0.25, 0.3) is 5.91 Å². The zero-order valence-electron chi connectivity index (χ0n) is 15.5. The van der Waals surface area contributed by atoms with E-state index in [1.807, 2.05) is 29.3 Å². The van der Waals surface area contributed by atoms with Gasteiger partial charge in [-0.15, -0.1) is 0 Å². The summed E-state index contributed by atoms with van der Waals surface area (Å²) in [6.07, 6.45) is 3.17. The molecule has 1 aliphatic heterocycles. The largest absolute Gasteiger partial charge is 0.361 e. The van der Waals surface area contributed by atoms with E-state index in [-0.39, 0.29) is 11.8 Å². The number of fused-ring (bicyclic) bond motifs is 1. The van der Waals surface area contributed by atoms with Crippen LogP contribution in [0.2, 0.25) is 5.02 Å². The summed E-state index contributed by atoms with van der Waals surface area (Å²) in [5.41, 5.74) is 2.85. The Bertz CT molecular complexity index is 1010. The molecule has 2 heterocycles. The number of rotatable bonds is 4. The van der Waals surface area contributed by atoms with Crippen LogP contribution in [0, 0.1) is 0 Å². The molecular formula is C22H22ClN3O2. The Morgan fingerprint density at radius 3 is 2.50 bits per heavy atom. The SMILES string of the molecule is O=C(CCc1c[nH]c2ccccc12)N1CCN(C(=O)c2cccc(Cl)c2)CC1. The molecule has 1 fully saturated rings. The number of aryl methyl sites for hydroxylation is 1. The first-order valence-electron chi connectivity index (χ1n) is 9.49. The van der Waals surface area contributed by atoms with Crippen LogP contribution in [-0.2, 0) is 11.2 Å². The van der Waals surface area contributed by atoms with Gasteiger partial charge in [-0.25, -0.2) is 0 Å². The van der Waals surface area contributed by atoms with Crippen molar-refractivity contribution in [3.05, 3.63) is 70.9 Å². The van der Waals surface area contributed by atoms with Gasteiger partial charge in [-0.2, -0.15) is 0 Å². The van der Waals surface area contributed by atoms with E-state index in [1.54, 1.807) is 29.2 Å². The van der Waals surface area contributed by atoms with Gasteiger partial charge < -0.3 is 14.8 Å². The number of hydrogen-bond donors (Lipinski definition) is 1. The standard InChI is InChI=1S/C22H22ClN3O2/c23-18-5-3-4-16(14-18)22(28)26-12-10-25(11-13-26)21(27)9-8-17-15-24-20-7-2-1-6-19(17)20/h1-7,14-15,24H,8-13H2. The minimum absolute atomic E-state index is 0.0339. The van der Waals surface area contributed by atoms with Gasteiger partial charge in [-0.3, -0.25) is 9.59 Å². The van der Waals surface area contributed by atoms with Crippen molar-refractivity contribution in [2.75, 3.05) is 26.2 Å². The average Bonchev–Trinajstić information content (AvgIpc) is 3.15. The summed E-state index contributed by atoms with van der Waals surface area (Å²) in [5, 5.41) is 1.73. The molecule has 0 atom stereocenters. The molecule has 1 aliphatic rings. The van der Waals surface area contributed by atoms with Crippen molar-refractivity contribution in [1.82, 2.24) is 14.8 Å². The van der Waals surface area contributed by atoms with Crippen molar-refractivity contribution in [3.8, 4) is 0 Å². The normalized spacial score (nSPS) is 14.5. The Morgan fingerprint density at radius 2 is 1.71 bits per heavy atom. The predicted octanol–water partition coefficient (Wildman–Crippen LogP) is 3.74. The fourth-order valence-corrected chi connectivity index (χ4v) is 3.89. The van der Waals surface area contributed by atoms with Gasteiger partial charge in [0.15, 0.2) is 0 Å². The Hall–Kier alpha value is -2.79. The van der Waals surface area contributed by atoms with Crippen LogP contribution in [0.4, 0.5) is 0 Å².